The topological polar surface area (TPSA) is 121 Å². The minimum absolute atomic E-state index is 0.0188. The predicted octanol–water partition coefficient (Wildman–Crippen LogP) is 2.84. The lowest BCUT2D eigenvalue weighted by molar-refractivity contribution is -0.380. The van der Waals surface area contributed by atoms with Gasteiger partial charge in [-0.15, -0.1) is 0 Å². The molecule has 0 saturated carbocycles. The zero-order chi connectivity index (χ0) is 16.3. The third kappa shape index (κ3) is 3.91. The van der Waals surface area contributed by atoms with Gasteiger partial charge in [-0.3, -0.25) is 10.1 Å². The summed E-state index contributed by atoms with van der Waals surface area (Å²) in [6.07, 6.45) is 0. The lowest BCUT2D eigenvalue weighted by Crippen LogP contribution is -2.13. The van der Waals surface area contributed by atoms with E-state index < -0.39 is 10.9 Å². The number of pyridine rings is 1. The van der Waals surface area contributed by atoms with Gasteiger partial charge in [-0.2, -0.15) is 0 Å². The first-order valence-electron chi connectivity index (χ1n) is 5.49. The molecule has 114 valence electrons. The molecule has 0 spiro atoms. The highest BCUT2D eigenvalue weighted by atomic mass is 35.5. The Bertz CT molecular complexity index is 757. The van der Waals surface area contributed by atoms with E-state index in [2.05, 4.69) is 15.0 Å². The maximum atomic E-state index is 11.8. The summed E-state index contributed by atoms with van der Waals surface area (Å²) in [7, 11) is 0. The largest absolute Gasteiger partial charge is 0.380 e. The molecule has 8 nitrogen and oxygen atoms in total. The van der Waals surface area contributed by atoms with E-state index in [1.165, 1.54) is 24.3 Å². The van der Waals surface area contributed by atoms with Crippen LogP contribution in [0, 0.1) is 10.1 Å². The van der Waals surface area contributed by atoms with E-state index in [-0.39, 0.29) is 26.7 Å². The highest BCUT2D eigenvalue weighted by molar-refractivity contribution is 7.17. The van der Waals surface area contributed by atoms with Crippen molar-refractivity contribution in [2.75, 3.05) is 0 Å². The van der Waals surface area contributed by atoms with E-state index in [0.29, 0.717) is 4.88 Å². The maximum Gasteiger partial charge on any atom is 0.366 e. The number of nitro groups is 1. The minimum atomic E-state index is -0.847. The molecule has 2 rings (SSSR count). The van der Waals surface area contributed by atoms with Gasteiger partial charge in [0, 0.05) is 6.07 Å². The summed E-state index contributed by atoms with van der Waals surface area (Å²) in [5.74, 6) is -1.02. The lowest BCUT2D eigenvalue weighted by Gasteiger charge is -2.00. The third-order valence-electron chi connectivity index (χ3n) is 2.25. The maximum absolute atomic E-state index is 11.8. The molecule has 0 aliphatic carbocycles. The first-order chi connectivity index (χ1) is 10.4. The summed E-state index contributed by atoms with van der Waals surface area (Å²) in [6.45, 7) is 0. The van der Waals surface area contributed by atoms with Crippen molar-refractivity contribution in [2.24, 2.45) is 10.9 Å². The Morgan fingerprint density at radius 2 is 2.00 bits per heavy atom. The molecular formula is C11H6Cl2N4O4S. The Hall–Kier alpha value is -2.23. The van der Waals surface area contributed by atoms with Crippen molar-refractivity contribution in [3.05, 3.63) is 55.1 Å². The minimum Gasteiger partial charge on any atom is -0.380 e. The van der Waals surface area contributed by atoms with Crippen LogP contribution in [0.2, 0.25) is 10.3 Å². The fourth-order valence-electron chi connectivity index (χ4n) is 1.33. The number of halogens is 2. The number of nitrogens with zero attached hydrogens (tertiary/aromatic N) is 3. The molecule has 0 saturated heterocycles. The third-order valence-corrected chi connectivity index (χ3v) is 3.70. The monoisotopic (exact) mass is 360 g/mol. The van der Waals surface area contributed by atoms with Crippen LogP contribution >= 0.6 is 34.5 Å². The molecule has 2 N–H and O–H groups in total. The Balaban J connectivity index is 2.12. The van der Waals surface area contributed by atoms with Gasteiger partial charge >= 0.3 is 11.0 Å². The smallest absolute Gasteiger partial charge is 0.366 e. The van der Waals surface area contributed by atoms with Crippen LogP contribution in [0.3, 0.4) is 0 Å². The van der Waals surface area contributed by atoms with E-state index in [0.717, 1.165) is 11.3 Å². The summed E-state index contributed by atoms with van der Waals surface area (Å²) in [4.78, 5) is 30.4. The van der Waals surface area contributed by atoms with Crippen molar-refractivity contribution in [2.45, 2.75) is 0 Å². The van der Waals surface area contributed by atoms with Crippen LogP contribution in [-0.4, -0.2) is 21.7 Å². The average molecular weight is 361 g/mol. The number of hydrogen-bond donors (Lipinski definition) is 1. The number of nitrogens with two attached hydrogens (primary N) is 1. The molecule has 0 radical (unpaired) electrons. The molecule has 2 aromatic rings. The molecule has 0 aliphatic rings. The Morgan fingerprint density at radius 3 is 2.55 bits per heavy atom. The summed E-state index contributed by atoms with van der Waals surface area (Å²) in [6, 6.07) is 5.16. The molecule has 0 amide bonds. The second-order valence-corrected chi connectivity index (χ2v) is 5.59. The molecule has 2 aromatic heterocycles. The quantitative estimate of drug-likeness (QED) is 0.223. The fraction of sp³-hybridized carbons (Fsp3) is 0. The van der Waals surface area contributed by atoms with E-state index in [9.17, 15) is 14.9 Å². The molecule has 2 heterocycles. The Labute approximate surface area is 137 Å². The molecule has 0 fully saturated rings. The fourth-order valence-corrected chi connectivity index (χ4v) is 2.51. The second kappa shape index (κ2) is 6.69. The molecular weight excluding hydrogens is 355 g/mol. The van der Waals surface area contributed by atoms with Gasteiger partial charge in [-0.25, -0.2) is 9.78 Å². The highest BCUT2D eigenvalue weighted by Gasteiger charge is 2.14. The van der Waals surface area contributed by atoms with Crippen molar-refractivity contribution in [3.63, 3.8) is 0 Å². The van der Waals surface area contributed by atoms with Crippen LogP contribution < -0.4 is 5.73 Å². The van der Waals surface area contributed by atoms with Crippen LogP contribution in [0.4, 0.5) is 5.00 Å². The summed E-state index contributed by atoms with van der Waals surface area (Å²) in [5.41, 5.74) is 5.63. The molecule has 0 aliphatic heterocycles. The molecule has 0 bridgehead atoms. The first kappa shape index (κ1) is 16.1. The van der Waals surface area contributed by atoms with Crippen LogP contribution in [-0.2, 0) is 4.84 Å². The van der Waals surface area contributed by atoms with Gasteiger partial charge in [0.2, 0.25) is 0 Å². The van der Waals surface area contributed by atoms with E-state index in [4.69, 9.17) is 28.9 Å². The van der Waals surface area contributed by atoms with Crippen molar-refractivity contribution >= 4 is 51.3 Å². The van der Waals surface area contributed by atoms with Gasteiger partial charge in [0.05, 0.1) is 15.4 Å². The molecule has 0 unspecified atom stereocenters. The Kier molecular flexibility index (Phi) is 4.91. The lowest BCUT2D eigenvalue weighted by atomic mass is 10.3. The van der Waals surface area contributed by atoms with Crippen LogP contribution in [0.25, 0.3) is 0 Å². The van der Waals surface area contributed by atoms with Crippen LogP contribution in [0.1, 0.15) is 15.2 Å². The van der Waals surface area contributed by atoms with Crippen LogP contribution in [0.15, 0.2) is 29.4 Å². The van der Waals surface area contributed by atoms with Crippen molar-refractivity contribution in [1.29, 1.82) is 0 Å². The molecule has 11 heteroatoms. The molecule has 0 atom stereocenters. The van der Waals surface area contributed by atoms with Gasteiger partial charge in [0.15, 0.2) is 5.84 Å². The normalized spacial score (nSPS) is 11.3. The van der Waals surface area contributed by atoms with Gasteiger partial charge < -0.3 is 10.6 Å². The molecule has 0 aromatic carbocycles. The van der Waals surface area contributed by atoms with Crippen molar-refractivity contribution in [3.8, 4) is 0 Å². The zero-order valence-corrected chi connectivity index (χ0v) is 12.9. The number of rotatable bonds is 4. The summed E-state index contributed by atoms with van der Waals surface area (Å²) < 4.78 is 0. The summed E-state index contributed by atoms with van der Waals surface area (Å²) in [5, 5.41) is 13.9. The number of carbonyl (C=O) groups excluding carboxylic acids is 1. The number of aromatic nitrogens is 1. The van der Waals surface area contributed by atoms with Crippen molar-refractivity contribution < 1.29 is 14.6 Å². The van der Waals surface area contributed by atoms with Gasteiger partial charge in [-0.1, -0.05) is 39.7 Å². The van der Waals surface area contributed by atoms with Gasteiger partial charge in [-0.05, 0) is 18.2 Å². The van der Waals surface area contributed by atoms with Gasteiger partial charge in [0.25, 0.3) is 0 Å². The van der Waals surface area contributed by atoms with E-state index in [1.54, 1.807) is 0 Å². The van der Waals surface area contributed by atoms with Gasteiger partial charge in [0.1, 0.15) is 10.3 Å². The summed E-state index contributed by atoms with van der Waals surface area (Å²) >= 11 is 12.1. The number of carbonyl (C=O) groups is 1. The number of hydrogen-bond acceptors (Lipinski definition) is 7. The number of amidine groups is 1. The highest BCUT2D eigenvalue weighted by Crippen LogP contribution is 2.23. The first-order valence-corrected chi connectivity index (χ1v) is 7.06. The molecule has 22 heavy (non-hydrogen) atoms. The number of oxime groups is 1. The second-order valence-electron chi connectivity index (χ2n) is 3.75. The SMILES string of the molecule is N/C(=N\OC(=O)c1cc(Cl)nc(Cl)c1)c1ccc([N+](=O)[O-])s1. The Morgan fingerprint density at radius 1 is 1.36 bits per heavy atom. The number of thiophene rings is 1. The standard InChI is InChI=1S/C11H6Cl2N4O4S/c12-7-3-5(4-8(13)15-7)11(18)21-16-10(14)6-1-2-9(22-6)17(19)20/h1-4H,(H2,14,16). The average Bonchev–Trinajstić information content (AvgIpc) is 2.93. The van der Waals surface area contributed by atoms with E-state index in [1.807, 2.05) is 0 Å². The van der Waals surface area contributed by atoms with Crippen molar-refractivity contribution in [1.82, 2.24) is 4.98 Å². The van der Waals surface area contributed by atoms with Crippen LogP contribution in [0.5, 0.6) is 0 Å². The van der Waals surface area contributed by atoms with E-state index >= 15 is 0 Å². The predicted molar refractivity (Wildman–Crippen MR) is 81.4 cm³/mol. The zero-order valence-electron chi connectivity index (χ0n) is 10.5.